The van der Waals surface area contributed by atoms with Crippen molar-refractivity contribution in [2.24, 2.45) is 45.7 Å². The summed E-state index contributed by atoms with van der Waals surface area (Å²) in [7, 11) is 0. The monoisotopic (exact) mass is 1520 g/mol. The van der Waals surface area contributed by atoms with E-state index in [1.165, 1.54) is 21.6 Å². The smallest absolute Gasteiger partial charge is 0.408 e. The molecule has 4 rings (SSSR count). The molecule has 0 spiro atoms. The number of carbonyl (C=O) groups excluding carboxylic acids is 14. The largest absolute Gasteiger partial charge is 0.480 e. The number of hydrogen-bond donors (Lipinski definition) is 15. The molecule has 2 heterocycles. The van der Waals surface area contributed by atoms with Crippen molar-refractivity contribution in [3.63, 3.8) is 0 Å². The van der Waals surface area contributed by atoms with E-state index in [2.05, 4.69) is 58.2 Å². The van der Waals surface area contributed by atoms with Gasteiger partial charge in [0.05, 0.1) is 6.54 Å². The number of nitrogens with two attached hydrogens (primary N) is 4. The summed E-state index contributed by atoms with van der Waals surface area (Å²) in [4.78, 5) is 211. The van der Waals surface area contributed by atoms with E-state index in [1.807, 2.05) is 6.07 Å². The van der Waals surface area contributed by atoms with Crippen molar-refractivity contribution in [2.45, 2.75) is 211 Å². The average Bonchev–Trinajstić information content (AvgIpc) is 1.73. The number of likely N-dealkylation sites (tertiary alicyclic amines) is 2. The SMILES string of the molecule is CSCC[C@@H](NC(=O)[C@H](CC(C)C)NC(=O)CNC(=O)[C@@H](NC(=O)[C@@H](NC(=O)[C@H](CCC(N)=O)NC(=O)[C@H](CCC(N)=O)NC(=O)[C@@H]1CCCN1C(=O)[C@H](CCCCNC(=O)OCc1ccccc1)NC(=O)[C@@H]1CCCN1C(=O)[C@H](CCCN=C(N)N)NC(=O)OCc1ccccc1)C(C)C)C(C)C)C(=O)O. The van der Waals surface area contributed by atoms with Crippen LogP contribution >= 0.6 is 11.8 Å². The first-order valence-electron chi connectivity index (χ1n) is 36.1. The van der Waals surface area contributed by atoms with Gasteiger partial charge in [0.25, 0.3) is 0 Å². The van der Waals surface area contributed by atoms with E-state index in [-0.39, 0.29) is 115 Å². The molecule has 2 aliphatic rings. The van der Waals surface area contributed by atoms with Gasteiger partial charge in [-0.25, -0.2) is 14.4 Å². The molecule has 19 N–H and O–H groups in total. The highest BCUT2D eigenvalue weighted by Crippen LogP contribution is 2.24. The van der Waals surface area contributed by atoms with Crippen LogP contribution < -0.4 is 76.1 Å². The van der Waals surface area contributed by atoms with Crippen molar-refractivity contribution in [2.75, 3.05) is 44.7 Å². The molecular weight excluding hydrogens is 1410 g/mol. The number of nitrogens with one attached hydrogen (secondary N) is 10. The summed E-state index contributed by atoms with van der Waals surface area (Å²) in [5.41, 5.74) is 23.6. The van der Waals surface area contributed by atoms with Crippen LogP contribution in [0, 0.1) is 17.8 Å². The molecule has 2 aromatic carbocycles. The molecule has 35 nitrogen and oxygen atoms in total. The maximum atomic E-state index is 15.1. The number of amides is 14. The molecule has 0 aromatic heterocycles. The first kappa shape index (κ1) is 89.1. The number of benzene rings is 2. The van der Waals surface area contributed by atoms with Gasteiger partial charge in [-0.2, -0.15) is 11.8 Å². The lowest BCUT2D eigenvalue weighted by atomic mass is 9.99. The minimum absolute atomic E-state index is 0.00601. The number of aliphatic carboxylic acids is 1. The molecule has 107 heavy (non-hydrogen) atoms. The first-order chi connectivity index (χ1) is 50.8. The van der Waals surface area contributed by atoms with Gasteiger partial charge in [0.15, 0.2) is 5.96 Å². The highest BCUT2D eigenvalue weighted by molar-refractivity contribution is 7.98. The van der Waals surface area contributed by atoms with Gasteiger partial charge in [-0.15, -0.1) is 0 Å². The fourth-order valence-electron chi connectivity index (χ4n) is 11.8. The lowest BCUT2D eigenvalue weighted by Crippen LogP contribution is -2.61. The standard InChI is InChI=1S/C71H109N17O18S/c1-41(2)37-51(61(94)83-50(68(101)102)31-36-107-7)79-56(91)38-78-64(97)57(42(3)4)86-65(98)58(43(5)6)85-60(93)47(28-30-55(73)90)80-59(92)46(27-29-54(72)89)81-62(95)52-25-17-34-87(52)66(99)48(23-14-15-32-77-70(103)105-39-44-19-10-8-11-20-44)82-63(96)53-26-18-35-88(53)67(100)49(24-16-33-76-69(74)75)84-71(104)106-40-45-21-12-9-13-22-45/h8-13,19-22,41-43,46-53,57-58H,14-18,23-40H2,1-7H3,(H2,72,89)(H2,73,90)(H,77,103)(H,78,97)(H,79,91)(H,80,92)(H,81,95)(H,82,96)(H,83,94)(H,84,104)(H,85,93)(H,86,98)(H,101,102)(H4,74,75,76)/t46-,47-,48-,49-,50+,51-,52-,53-,57-,58-/m0/s1. The number of carboxylic acids is 1. The Balaban J connectivity index is 1.54. The van der Waals surface area contributed by atoms with Crippen molar-refractivity contribution < 1.29 is 86.5 Å². The predicted molar refractivity (Wildman–Crippen MR) is 395 cm³/mol. The fraction of sp³-hybridized carbons (Fsp3) is 0.606. The van der Waals surface area contributed by atoms with Crippen molar-refractivity contribution in [3.05, 3.63) is 71.8 Å². The molecule has 2 fully saturated rings. The van der Waals surface area contributed by atoms with E-state index in [0.29, 0.717) is 17.7 Å². The molecule has 2 aliphatic heterocycles. The minimum atomic E-state index is -1.65. The zero-order valence-corrected chi connectivity index (χ0v) is 62.8. The summed E-state index contributed by atoms with van der Waals surface area (Å²) in [6.07, 6.45) is 0.0903. The third-order valence-corrected chi connectivity index (χ3v) is 18.2. The van der Waals surface area contributed by atoms with Crippen molar-refractivity contribution >= 4 is 107 Å². The van der Waals surface area contributed by atoms with E-state index in [1.54, 1.807) is 102 Å². The van der Waals surface area contributed by atoms with E-state index in [4.69, 9.17) is 32.4 Å². The summed E-state index contributed by atoms with van der Waals surface area (Å²) in [6.45, 7) is 9.43. The number of primary amides is 2. The Labute approximate surface area is 627 Å². The van der Waals surface area contributed by atoms with E-state index in [0.717, 1.165) is 5.56 Å². The van der Waals surface area contributed by atoms with E-state index < -0.39 is 194 Å². The average molecular weight is 1520 g/mol. The molecule has 14 amide bonds. The van der Waals surface area contributed by atoms with Crippen molar-refractivity contribution in [1.29, 1.82) is 0 Å². The van der Waals surface area contributed by atoms with Gasteiger partial charge in [-0.3, -0.25) is 62.5 Å². The lowest BCUT2D eigenvalue weighted by molar-refractivity contribution is -0.144. The number of thioether (sulfide) groups is 1. The Hall–Kier alpha value is -10.3. The van der Waals surface area contributed by atoms with E-state index in [9.17, 15) is 72.2 Å². The van der Waals surface area contributed by atoms with Crippen molar-refractivity contribution in [1.82, 2.24) is 63.0 Å². The van der Waals surface area contributed by atoms with Gasteiger partial charge >= 0.3 is 18.2 Å². The summed E-state index contributed by atoms with van der Waals surface area (Å²) < 4.78 is 10.8. The zero-order valence-electron chi connectivity index (χ0n) is 62.0. The number of guanidine groups is 1. The lowest BCUT2D eigenvalue weighted by Gasteiger charge is -2.32. The molecule has 592 valence electrons. The van der Waals surface area contributed by atoms with Gasteiger partial charge < -0.3 is 100 Å². The van der Waals surface area contributed by atoms with Gasteiger partial charge in [0, 0.05) is 39.0 Å². The number of rotatable bonds is 46. The van der Waals surface area contributed by atoms with Crippen LogP contribution in [-0.4, -0.2) is 215 Å². The van der Waals surface area contributed by atoms with Crippen LogP contribution in [0.5, 0.6) is 0 Å². The molecule has 0 radical (unpaired) electrons. The Morgan fingerprint density at radius 3 is 1.49 bits per heavy atom. The normalized spacial score (nSPS) is 16.2. The number of hydrogen-bond acceptors (Lipinski definition) is 19. The Bertz CT molecular complexity index is 3370. The number of unbranched alkanes of at least 4 members (excludes halogenated alkanes) is 1. The van der Waals surface area contributed by atoms with Crippen LogP contribution in [0.3, 0.4) is 0 Å². The topological polar surface area (TPSA) is 538 Å². The Kier molecular flexibility index (Phi) is 38.8. The summed E-state index contributed by atoms with van der Waals surface area (Å²) in [5, 5.41) is 35.6. The Morgan fingerprint density at radius 1 is 0.514 bits per heavy atom. The maximum Gasteiger partial charge on any atom is 0.408 e. The fourth-order valence-corrected chi connectivity index (χ4v) is 12.3. The third-order valence-electron chi connectivity index (χ3n) is 17.6. The number of nitrogens with zero attached hydrogens (tertiary/aromatic N) is 3. The summed E-state index contributed by atoms with van der Waals surface area (Å²) in [6, 6.07) is 4.39. The van der Waals surface area contributed by atoms with Crippen LogP contribution in [-0.2, 0) is 85.0 Å². The number of alkyl carbamates (subject to hydrolysis) is 2. The number of aliphatic imine (C=N–C) groups is 1. The van der Waals surface area contributed by atoms with Crippen LogP contribution in [0.4, 0.5) is 9.59 Å². The second-order valence-electron chi connectivity index (χ2n) is 27.4. The zero-order chi connectivity index (χ0) is 79.3. The number of carbonyl (C=O) groups is 15. The Morgan fingerprint density at radius 2 is 0.981 bits per heavy atom. The van der Waals surface area contributed by atoms with Crippen LogP contribution in [0.2, 0.25) is 0 Å². The van der Waals surface area contributed by atoms with E-state index >= 15 is 4.79 Å². The van der Waals surface area contributed by atoms with Gasteiger partial charge in [0.1, 0.15) is 73.6 Å². The molecule has 10 atom stereocenters. The van der Waals surface area contributed by atoms with Crippen LogP contribution in [0.25, 0.3) is 0 Å². The van der Waals surface area contributed by atoms with Gasteiger partial charge in [0.2, 0.25) is 70.9 Å². The molecular formula is C71H109N17O18S. The van der Waals surface area contributed by atoms with Crippen LogP contribution in [0.15, 0.2) is 65.7 Å². The number of ether oxygens (including phenoxy) is 2. The molecule has 2 saturated heterocycles. The van der Waals surface area contributed by atoms with Crippen LogP contribution in [0.1, 0.15) is 149 Å². The predicted octanol–water partition coefficient (Wildman–Crippen LogP) is -0.350. The molecule has 0 saturated carbocycles. The summed E-state index contributed by atoms with van der Waals surface area (Å²) in [5.74, 6) is -12.5. The van der Waals surface area contributed by atoms with Crippen molar-refractivity contribution in [3.8, 4) is 0 Å². The highest BCUT2D eigenvalue weighted by atomic mass is 32.2. The second kappa shape index (κ2) is 46.6. The number of carboxylic acid groups (broad SMARTS) is 1. The summed E-state index contributed by atoms with van der Waals surface area (Å²) >= 11 is 1.39. The highest BCUT2D eigenvalue weighted by Gasteiger charge is 2.43. The minimum Gasteiger partial charge on any atom is -0.480 e. The quantitative estimate of drug-likeness (QED) is 0.0229. The first-order valence-corrected chi connectivity index (χ1v) is 37.4. The molecule has 2 aromatic rings. The third kappa shape index (κ3) is 32.1. The second-order valence-corrected chi connectivity index (χ2v) is 28.4. The molecule has 0 unspecified atom stereocenters. The molecule has 36 heteroatoms. The molecule has 0 aliphatic carbocycles. The maximum absolute atomic E-state index is 15.1. The molecule has 0 bridgehead atoms. The van der Waals surface area contributed by atoms with Gasteiger partial charge in [-0.1, -0.05) is 102 Å². The van der Waals surface area contributed by atoms with Gasteiger partial charge in [-0.05, 0) is 124 Å².